The van der Waals surface area contributed by atoms with Crippen molar-refractivity contribution < 1.29 is 9.90 Å². The molecule has 1 heterocycles. The number of pyridine rings is 1. The van der Waals surface area contributed by atoms with Crippen LogP contribution in [0.2, 0.25) is 0 Å². The summed E-state index contributed by atoms with van der Waals surface area (Å²) in [5, 5.41) is 12.3. The van der Waals surface area contributed by atoms with Crippen LogP contribution in [0.25, 0.3) is 0 Å². The molecular formula is C13H12BrN3O2. The van der Waals surface area contributed by atoms with Crippen LogP contribution in [-0.4, -0.2) is 16.0 Å². The van der Waals surface area contributed by atoms with E-state index in [1.165, 1.54) is 12.1 Å². The Labute approximate surface area is 118 Å². The molecule has 0 atom stereocenters. The third-order valence-electron chi connectivity index (χ3n) is 2.57. The fourth-order valence-electron chi connectivity index (χ4n) is 1.54. The number of nitrogen functional groups attached to an aromatic ring is 1. The molecule has 0 aliphatic heterocycles. The van der Waals surface area contributed by atoms with Crippen LogP contribution < -0.4 is 11.1 Å². The molecule has 0 aliphatic rings. The summed E-state index contributed by atoms with van der Waals surface area (Å²) in [5.41, 5.74) is 6.58. The highest BCUT2D eigenvalue weighted by Gasteiger charge is 2.13. The van der Waals surface area contributed by atoms with Gasteiger partial charge in [-0.2, -0.15) is 0 Å². The lowest BCUT2D eigenvalue weighted by atomic mass is 10.1. The van der Waals surface area contributed by atoms with Crippen molar-refractivity contribution in [3.8, 4) is 5.75 Å². The van der Waals surface area contributed by atoms with Gasteiger partial charge in [0.25, 0.3) is 5.91 Å². The van der Waals surface area contributed by atoms with E-state index in [9.17, 15) is 9.90 Å². The maximum Gasteiger partial charge on any atom is 0.260 e. The summed E-state index contributed by atoms with van der Waals surface area (Å²) in [5.74, 6) is -0.277. The summed E-state index contributed by atoms with van der Waals surface area (Å²) in [6, 6.07) is 8.07. The first-order valence-corrected chi connectivity index (χ1v) is 6.30. The van der Waals surface area contributed by atoms with Crippen molar-refractivity contribution in [3.05, 3.63) is 46.1 Å². The Morgan fingerprint density at radius 1 is 1.37 bits per heavy atom. The van der Waals surface area contributed by atoms with E-state index in [1.54, 1.807) is 18.2 Å². The van der Waals surface area contributed by atoms with Gasteiger partial charge in [-0.3, -0.25) is 4.79 Å². The first-order chi connectivity index (χ1) is 8.99. The van der Waals surface area contributed by atoms with Crippen LogP contribution in [0.5, 0.6) is 5.75 Å². The number of aryl methyl sites for hydroxylation is 1. The molecule has 1 aromatic carbocycles. The molecule has 0 spiro atoms. The standard InChI is InChI=1S/C13H12BrN3O2/c1-7-9(14)5-6-11(16-7)17-13(19)8-3-2-4-10(15)12(8)18/h2-6,18H,15H2,1H3,(H,16,17,19). The van der Waals surface area contributed by atoms with Crippen molar-refractivity contribution >= 4 is 33.3 Å². The van der Waals surface area contributed by atoms with E-state index in [2.05, 4.69) is 26.2 Å². The predicted molar refractivity (Wildman–Crippen MR) is 77.1 cm³/mol. The number of aromatic hydroxyl groups is 1. The number of nitrogens with two attached hydrogens (primary N) is 1. The average molecular weight is 322 g/mol. The maximum absolute atomic E-state index is 12.0. The average Bonchev–Trinajstić information content (AvgIpc) is 2.37. The van der Waals surface area contributed by atoms with E-state index < -0.39 is 5.91 Å². The number of hydrogen-bond donors (Lipinski definition) is 3. The number of para-hydroxylation sites is 1. The van der Waals surface area contributed by atoms with Crippen molar-refractivity contribution in [2.75, 3.05) is 11.1 Å². The highest BCUT2D eigenvalue weighted by Crippen LogP contribution is 2.25. The second kappa shape index (κ2) is 5.27. The lowest BCUT2D eigenvalue weighted by Crippen LogP contribution is -2.13. The third kappa shape index (κ3) is 2.85. The Balaban J connectivity index is 2.26. The number of aromatic nitrogens is 1. The number of carbonyl (C=O) groups excluding carboxylic acids is 1. The Morgan fingerprint density at radius 3 is 2.79 bits per heavy atom. The Kier molecular flexibility index (Phi) is 3.71. The van der Waals surface area contributed by atoms with E-state index in [1.807, 2.05) is 6.92 Å². The quantitative estimate of drug-likeness (QED) is 0.586. The van der Waals surface area contributed by atoms with Crippen LogP contribution in [-0.2, 0) is 0 Å². The van der Waals surface area contributed by atoms with Gasteiger partial charge >= 0.3 is 0 Å². The number of anilines is 2. The number of rotatable bonds is 2. The first-order valence-electron chi connectivity index (χ1n) is 5.51. The Bertz CT molecular complexity index is 644. The van der Waals surface area contributed by atoms with E-state index in [-0.39, 0.29) is 17.0 Å². The van der Waals surface area contributed by atoms with Crippen LogP contribution in [0.3, 0.4) is 0 Å². The van der Waals surface area contributed by atoms with E-state index in [0.717, 1.165) is 10.2 Å². The highest BCUT2D eigenvalue weighted by molar-refractivity contribution is 9.10. The number of phenols is 1. The zero-order chi connectivity index (χ0) is 14.0. The van der Waals surface area contributed by atoms with Crippen molar-refractivity contribution in [2.24, 2.45) is 0 Å². The predicted octanol–water partition coefficient (Wildman–Crippen LogP) is 2.69. The number of nitrogens with one attached hydrogen (secondary N) is 1. The van der Waals surface area contributed by atoms with Crippen molar-refractivity contribution in [1.82, 2.24) is 4.98 Å². The molecule has 4 N–H and O–H groups in total. The summed E-state index contributed by atoms with van der Waals surface area (Å²) in [6.07, 6.45) is 0. The van der Waals surface area contributed by atoms with Gasteiger partial charge in [0.15, 0.2) is 5.75 Å². The third-order valence-corrected chi connectivity index (χ3v) is 3.41. The summed E-state index contributed by atoms with van der Waals surface area (Å²) < 4.78 is 0.859. The molecule has 0 bridgehead atoms. The fourth-order valence-corrected chi connectivity index (χ4v) is 1.76. The number of hydrogen-bond acceptors (Lipinski definition) is 4. The molecule has 0 radical (unpaired) electrons. The first kappa shape index (κ1) is 13.4. The van der Waals surface area contributed by atoms with Crippen LogP contribution in [0, 0.1) is 6.92 Å². The molecule has 19 heavy (non-hydrogen) atoms. The van der Waals surface area contributed by atoms with Crippen LogP contribution in [0.15, 0.2) is 34.8 Å². The molecule has 0 saturated heterocycles. The lowest BCUT2D eigenvalue weighted by molar-refractivity contribution is 0.102. The minimum absolute atomic E-state index is 0.113. The van der Waals surface area contributed by atoms with Gasteiger partial charge in [-0.1, -0.05) is 6.07 Å². The van der Waals surface area contributed by atoms with Gasteiger partial charge in [0.2, 0.25) is 0 Å². The summed E-state index contributed by atoms with van der Waals surface area (Å²) in [4.78, 5) is 16.2. The lowest BCUT2D eigenvalue weighted by Gasteiger charge is -2.08. The van der Waals surface area contributed by atoms with Gasteiger partial charge in [-0.25, -0.2) is 4.98 Å². The summed E-state index contributed by atoms with van der Waals surface area (Å²) in [6.45, 7) is 1.82. The van der Waals surface area contributed by atoms with Crippen LogP contribution >= 0.6 is 15.9 Å². The van der Waals surface area contributed by atoms with E-state index in [0.29, 0.717) is 5.82 Å². The SMILES string of the molecule is Cc1nc(NC(=O)c2cccc(N)c2O)ccc1Br. The molecule has 0 saturated carbocycles. The molecule has 1 aromatic heterocycles. The van der Waals surface area contributed by atoms with Gasteiger partial charge in [-0.05, 0) is 47.1 Å². The second-order valence-corrected chi connectivity index (χ2v) is 4.82. The van der Waals surface area contributed by atoms with Crippen LogP contribution in [0.4, 0.5) is 11.5 Å². The van der Waals surface area contributed by atoms with Crippen molar-refractivity contribution in [3.63, 3.8) is 0 Å². The minimum atomic E-state index is -0.459. The van der Waals surface area contributed by atoms with E-state index in [4.69, 9.17) is 5.73 Å². The largest absolute Gasteiger partial charge is 0.505 e. The normalized spacial score (nSPS) is 10.2. The number of benzene rings is 1. The second-order valence-electron chi connectivity index (χ2n) is 3.96. The van der Waals surface area contributed by atoms with Crippen molar-refractivity contribution in [2.45, 2.75) is 6.92 Å². The number of amides is 1. The monoisotopic (exact) mass is 321 g/mol. The van der Waals surface area contributed by atoms with Crippen LogP contribution in [0.1, 0.15) is 16.1 Å². The molecule has 0 unspecified atom stereocenters. The van der Waals surface area contributed by atoms with Gasteiger partial charge in [0.1, 0.15) is 5.82 Å². The zero-order valence-corrected chi connectivity index (χ0v) is 11.7. The molecule has 6 heteroatoms. The maximum atomic E-state index is 12.0. The van der Waals surface area contributed by atoms with Gasteiger partial charge < -0.3 is 16.2 Å². The van der Waals surface area contributed by atoms with Crippen molar-refractivity contribution in [1.29, 1.82) is 0 Å². The molecule has 2 aromatic rings. The minimum Gasteiger partial charge on any atom is -0.505 e. The topological polar surface area (TPSA) is 88.2 Å². The smallest absolute Gasteiger partial charge is 0.260 e. The van der Waals surface area contributed by atoms with Gasteiger partial charge in [0, 0.05) is 4.47 Å². The molecule has 1 amide bonds. The molecule has 98 valence electrons. The van der Waals surface area contributed by atoms with Gasteiger partial charge in [0.05, 0.1) is 16.9 Å². The Morgan fingerprint density at radius 2 is 2.11 bits per heavy atom. The Hall–Kier alpha value is -2.08. The molecule has 5 nitrogen and oxygen atoms in total. The number of nitrogens with zero attached hydrogens (tertiary/aromatic N) is 1. The van der Waals surface area contributed by atoms with E-state index >= 15 is 0 Å². The zero-order valence-electron chi connectivity index (χ0n) is 10.1. The molecule has 0 fully saturated rings. The molecular weight excluding hydrogens is 310 g/mol. The highest BCUT2D eigenvalue weighted by atomic mass is 79.9. The number of phenolic OH excluding ortho intramolecular Hbond substituents is 1. The summed E-state index contributed by atoms with van der Waals surface area (Å²) >= 11 is 3.33. The molecule has 0 aliphatic carbocycles. The fraction of sp³-hybridized carbons (Fsp3) is 0.0769. The number of halogens is 1. The number of carbonyl (C=O) groups is 1. The summed E-state index contributed by atoms with van der Waals surface area (Å²) in [7, 11) is 0. The molecule has 2 rings (SSSR count). The van der Waals surface area contributed by atoms with Gasteiger partial charge in [-0.15, -0.1) is 0 Å².